The van der Waals surface area contributed by atoms with Crippen LogP contribution in [-0.2, 0) is 4.79 Å². The Kier molecular flexibility index (Phi) is 6.18. The lowest BCUT2D eigenvalue weighted by atomic mass is 10.1. The highest BCUT2D eigenvalue weighted by Crippen LogP contribution is 2.31. The van der Waals surface area contributed by atoms with E-state index in [-0.39, 0.29) is 11.6 Å². The highest BCUT2D eigenvalue weighted by Gasteiger charge is 2.22. The zero-order valence-corrected chi connectivity index (χ0v) is 15.9. The van der Waals surface area contributed by atoms with Crippen molar-refractivity contribution in [1.29, 1.82) is 0 Å². The number of nitro groups is 1. The van der Waals surface area contributed by atoms with E-state index in [1.165, 1.54) is 25.3 Å². The first-order valence-electron chi connectivity index (χ1n) is 9.18. The normalized spacial score (nSPS) is 13.5. The number of hydrogen-bond donors (Lipinski definition) is 2. The van der Waals surface area contributed by atoms with Crippen molar-refractivity contribution >= 4 is 35.1 Å². The second kappa shape index (κ2) is 8.96. The quantitative estimate of drug-likeness (QED) is 0.443. The lowest BCUT2D eigenvalue weighted by Crippen LogP contribution is -2.19. The number of nitrogens with zero attached hydrogens (tertiary/aromatic N) is 3. The van der Waals surface area contributed by atoms with Crippen molar-refractivity contribution in [3.05, 3.63) is 63.7 Å². The number of benzene rings is 2. The summed E-state index contributed by atoms with van der Waals surface area (Å²) in [7, 11) is 0. The van der Waals surface area contributed by atoms with Gasteiger partial charge in [0.05, 0.1) is 11.1 Å². The lowest BCUT2D eigenvalue weighted by Gasteiger charge is -2.17. The zero-order valence-electron chi connectivity index (χ0n) is 15.9. The van der Waals surface area contributed by atoms with Gasteiger partial charge in [0.15, 0.2) is 0 Å². The summed E-state index contributed by atoms with van der Waals surface area (Å²) in [6.45, 7) is 3.00. The lowest BCUT2D eigenvalue weighted by molar-refractivity contribution is -0.384. The van der Waals surface area contributed by atoms with Crippen molar-refractivity contribution < 1.29 is 14.5 Å². The van der Waals surface area contributed by atoms with Gasteiger partial charge in [-0.15, -0.1) is 0 Å². The Hall–Kier alpha value is -3.75. The maximum Gasteiger partial charge on any atom is 0.293 e. The molecule has 0 aliphatic carbocycles. The van der Waals surface area contributed by atoms with E-state index in [9.17, 15) is 19.7 Å². The first-order chi connectivity index (χ1) is 13.9. The summed E-state index contributed by atoms with van der Waals surface area (Å²) in [6.07, 6.45) is 3.40. The maximum absolute atomic E-state index is 12.2. The Bertz CT molecular complexity index is 967. The second-order valence-corrected chi connectivity index (χ2v) is 6.66. The molecule has 2 amide bonds. The molecule has 3 rings (SSSR count). The van der Waals surface area contributed by atoms with Gasteiger partial charge in [0, 0.05) is 42.9 Å². The molecule has 0 bridgehead atoms. The minimum absolute atomic E-state index is 0.0187. The van der Waals surface area contributed by atoms with Gasteiger partial charge < -0.3 is 10.2 Å². The molecule has 0 aromatic heterocycles. The molecule has 0 saturated carbocycles. The minimum atomic E-state index is -0.461. The van der Waals surface area contributed by atoms with Crippen LogP contribution in [0, 0.1) is 10.1 Å². The van der Waals surface area contributed by atoms with Crippen LogP contribution in [0.1, 0.15) is 35.7 Å². The summed E-state index contributed by atoms with van der Waals surface area (Å²) < 4.78 is 0. The van der Waals surface area contributed by atoms with Crippen LogP contribution in [0.15, 0.2) is 47.6 Å². The summed E-state index contributed by atoms with van der Waals surface area (Å²) >= 11 is 0. The summed E-state index contributed by atoms with van der Waals surface area (Å²) in [6, 6.07) is 11.3. The van der Waals surface area contributed by atoms with Crippen molar-refractivity contribution in [3.8, 4) is 0 Å². The monoisotopic (exact) mass is 395 g/mol. The van der Waals surface area contributed by atoms with E-state index in [0.717, 1.165) is 25.9 Å². The predicted molar refractivity (Wildman–Crippen MR) is 110 cm³/mol. The summed E-state index contributed by atoms with van der Waals surface area (Å²) in [5.41, 5.74) is 4.33. The van der Waals surface area contributed by atoms with Gasteiger partial charge in [-0.2, -0.15) is 5.10 Å². The van der Waals surface area contributed by atoms with Gasteiger partial charge in [-0.25, -0.2) is 5.43 Å². The van der Waals surface area contributed by atoms with E-state index in [1.807, 2.05) is 4.90 Å². The third kappa shape index (κ3) is 5.16. The molecule has 150 valence electrons. The van der Waals surface area contributed by atoms with Gasteiger partial charge >= 0.3 is 0 Å². The van der Waals surface area contributed by atoms with Crippen LogP contribution in [0.2, 0.25) is 0 Å². The molecule has 0 spiro atoms. The molecule has 0 radical (unpaired) electrons. The van der Waals surface area contributed by atoms with Gasteiger partial charge in [0.25, 0.3) is 11.6 Å². The molecule has 0 atom stereocenters. The number of carbonyl (C=O) groups excluding carboxylic acids is 2. The van der Waals surface area contributed by atoms with E-state index < -0.39 is 10.8 Å². The van der Waals surface area contributed by atoms with Gasteiger partial charge in [0.2, 0.25) is 5.91 Å². The van der Waals surface area contributed by atoms with E-state index in [0.29, 0.717) is 22.5 Å². The SMILES string of the molecule is CC(=O)Nc1cccc(C(=O)N/N=C/c2ccc(N3CCCC3)c([N+](=O)[O-])c2)c1. The van der Waals surface area contributed by atoms with Crippen molar-refractivity contribution in [3.63, 3.8) is 0 Å². The Balaban J connectivity index is 1.70. The van der Waals surface area contributed by atoms with Gasteiger partial charge in [-0.3, -0.25) is 19.7 Å². The van der Waals surface area contributed by atoms with Crippen LogP contribution in [0.3, 0.4) is 0 Å². The predicted octanol–water partition coefficient (Wildman–Crippen LogP) is 2.92. The molecule has 1 aliphatic rings. The molecule has 2 aromatic carbocycles. The molecule has 2 aromatic rings. The molecule has 9 nitrogen and oxygen atoms in total. The number of hydrogen-bond acceptors (Lipinski definition) is 6. The molecular weight excluding hydrogens is 374 g/mol. The number of nitro benzene ring substituents is 1. The topological polar surface area (TPSA) is 117 Å². The fraction of sp³-hybridized carbons (Fsp3) is 0.250. The zero-order chi connectivity index (χ0) is 20.8. The Labute approximate surface area is 167 Å². The standard InChI is InChI=1S/C20H21N5O4/c1-14(26)22-17-6-4-5-16(12-17)20(27)23-21-13-15-7-8-18(19(11-15)25(28)29)24-9-2-3-10-24/h4-8,11-13H,2-3,9-10H2,1H3,(H,22,26)(H,23,27)/b21-13+. The number of hydrazone groups is 1. The highest BCUT2D eigenvalue weighted by atomic mass is 16.6. The number of carbonyl (C=O) groups is 2. The highest BCUT2D eigenvalue weighted by molar-refractivity contribution is 5.97. The summed E-state index contributed by atoms with van der Waals surface area (Å²) in [4.78, 5) is 36.4. The molecule has 2 N–H and O–H groups in total. The molecule has 1 heterocycles. The van der Waals surface area contributed by atoms with Crippen LogP contribution >= 0.6 is 0 Å². The van der Waals surface area contributed by atoms with E-state index in [2.05, 4.69) is 15.8 Å². The van der Waals surface area contributed by atoms with Crippen LogP contribution in [-0.4, -0.2) is 36.0 Å². The van der Waals surface area contributed by atoms with Crippen LogP contribution < -0.4 is 15.6 Å². The van der Waals surface area contributed by atoms with E-state index in [4.69, 9.17) is 0 Å². The Morgan fingerprint density at radius 2 is 1.93 bits per heavy atom. The van der Waals surface area contributed by atoms with Crippen molar-refractivity contribution in [2.24, 2.45) is 5.10 Å². The first kappa shape index (κ1) is 20.0. The Morgan fingerprint density at radius 3 is 2.62 bits per heavy atom. The number of nitrogens with one attached hydrogen (secondary N) is 2. The maximum atomic E-state index is 12.2. The van der Waals surface area contributed by atoms with E-state index >= 15 is 0 Å². The smallest absolute Gasteiger partial charge is 0.293 e. The Morgan fingerprint density at radius 1 is 1.17 bits per heavy atom. The van der Waals surface area contributed by atoms with Gasteiger partial charge in [-0.1, -0.05) is 12.1 Å². The second-order valence-electron chi connectivity index (χ2n) is 6.66. The summed E-state index contributed by atoms with van der Waals surface area (Å²) in [5.74, 6) is -0.698. The molecule has 1 fully saturated rings. The third-order valence-electron chi connectivity index (χ3n) is 4.47. The molecule has 1 saturated heterocycles. The third-order valence-corrected chi connectivity index (χ3v) is 4.47. The van der Waals surface area contributed by atoms with Crippen molar-refractivity contribution in [2.75, 3.05) is 23.3 Å². The van der Waals surface area contributed by atoms with Crippen LogP contribution in [0.5, 0.6) is 0 Å². The van der Waals surface area contributed by atoms with Gasteiger partial charge in [-0.05, 0) is 37.1 Å². The summed E-state index contributed by atoms with van der Waals surface area (Å²) in [5, 5.41) is 17.9. The molecule has 9 heteroatoms. The molecule has 0 unspecified atom stereocenters. The van der Waals surface area contributed by atoms with Crippen LogP contribution in [0.4, 0.5) is 17.1 Å². The van der Waals surface area contributed by atoms with Gasteiger partial charge in [0.1, 0.15) is 5.69 Å². The average Bonchev–Trinajstić information content (AvgIpc) is 3.22. The largest absolute Gasteiger partial charge is 0.366 e. The fourth-order valence-electron chi connectivity index (χ4n) is 3.16. The minimum Gasteiger partial charge on any atom is -0.366 e. The molecule has 29 heavy (non-hydrogen) atoms. The number of anilines is 2. The number of rotatable bonds is 6. The molecular formula is C20H21N5O4. The average molecular weight is 395 g/mol. The number of amides is 2. The molecule has 1 aliphatic heterocycles. The van der Waals surface area contributed by atoms with E-state index in [1.54, 1.807) is 30.3 Å². The van der Waals surface area contributed by atoms with Crippen molar-refractivity contribution in [2.45, 2.75) is 19.8 Å². The fourth-order valence-corrected chi connectivity index (χ4v) is 3.16. The van der Waals surface area contributed by atoms with Crippen LogP contribution in [0.25, 0.3) is 0 Å². The van der Waals surface area contributed by atoms with Crippen molar-refractivity contribution in [1.82, 2.24) is 5.43 Å². The first-order valence-corrected chi connectivity index (χ1v) is 9.18.